The first-order valence-electron chi connectivity index (χ1n) is 7.21. The van der Waals surface area contributed by atoms with Crippen molar-refractivity contribution in [2.45, 2.75) is 44.9 Å². The molecule has 0 bridgehead atoms. The number of hydrogen-bond donors (Lipinski definition) is 3. The zero-order valence-electron chi connectivity index (χ0n) is 12.8. The van der Waals surface area contributed by atoms with E-state index in [1.807, 2.05) is 0 Å². The van der Waals surface area contributed by atoms with Crippen LogP contribution in [0, 0.1) is 5.41 Å². The summed E-state index contributed by atoms with van der Waals surface area (Å²) < 4.78 is 5.37. The molecular formula is C16H24N2O3. The van der Waals surface area contributed by atoms with E-state index >= 15 is 0 Å². The van der Waals surface area contributed by atoms with E-state index in [1.165, 1.54) is 0 Å². The van der Waals surface area contributed by atoms with Gasteiger partial charge in [-0.2, -0.15) is 0 Å². The molecule has 0 heterocycles. The van der Waals surface area contributed by atoms with Crippen molar-refractivity contribution in [3.63, 3.8) is 0 Å². The Hall–Kier alpha value is -1.59. The van der Waals surface area contributed by atoms with Gasteiger partial charge in [0.15, 0.2) is 0 Å². The van der Waals surface area contributed by atoms with Crippen molar-refractivity contribution in [2.75, 3.05) is 7.11 Å². The quantitative estimate of drug-likeness (QED) is 0.761. The number of phenolic OH excluding ortho intramolecular Hbond substituents is 1. The summed E-state index contributed by atoms with van der Waals surface area (Å²) >= 11 is 0. The van der Waals surface area contributed by atoms with Gasteiger partial charge in [-0.25, -0.2) is 0 Å². The first-order valence-corrected chi connectivity index (χ1v) is 7.21. The molecule has 116 valence electrons. The third-order valence-electron chi connectivity index (χ3n) is 4.51. The lowest BCUT2D eigenvalue weighted by atomic mass is 9.64. The largest absolute Gasteiger partial charge is 0.508 e. The van der Waals surface area contributed by atoms with E-state index in [0.717, 1.165) is 12.0 Å². The number of carbonyl (C=O) groups is 1. The van der Waals surface area contributed by atoms with E-state index in [-0.39, 0.29) is 29.2 Å². The zero-order chi connectivity index (χ0) is 15.6. The fourth-order valence-electron chi connectivity index (χ4n) is 2.79. The van der Waals surface area contributed by atoms with Crippen molar-refractivity contribution in [3.8, 4) is 5.75 Å². The Bertz CT molecular complexity index is 499. The van der Waals surface area contributed by atoms with Crippen molar-refractivity contribution in [1.82, 2.24) is 5.32 Å². The predicted molar refractivity (Wildman–Crippen MR) is 80.9 cm³/mol. The van der Waals surface area contributed by atoms with Crippen LogP contribution in [0.15, 0.2) is 24.3 Å². The third kappa shape index (κ3) is 3.36. The molecule has 0 radical (unpaired) electrons. The number of amides is 1. The smallest absolute Gasteiger partial charge is 0.237 e. The molecule has 3 atom stereocenters. The summed E-state index contributed by atoms with van der Waals surface area (Å²) in [6.45, 7) is 4.17. The molecule has 1 aromatic rings. The first kappa shape index (κ1) is 15.8. The van der Waals surface area contributed by atoms with Crippen LogP contribution in [-0.4, -0.2) is 36.3 Å². The lowest BCUT2D eigenvalue weighted by Gasteiger charge is -2.51. The highest BCUT2D eigenvalue weighted by Gasteiger charge is 2.49. The second-order valence-electron chi connectivity index (χ2n) is 6.32. The molecule has 1 amide bonds. The standard InChI is InChI=1S/C16H24N2O3/c1-16(2)13(9-14(16)21-3)18-15(20)12(17)8-10-4-6-11(19)7-5-10/h4-7,12-14,19H,8-9,17H2,1-3H3,(H,18,20)/t12-,13?,14?/m0/s1. The molecular weight excluding hydrogens is 268 g/mol. The van der Waals surface area contributed by atoms with E-state index in [4.69, 9.17) is 10.5 Å². The third-order valence-corrected chi connectivity index (χ3v) is 4.51. The van der Waals surface area contributed by atoms with E-state index < -0.39 is 6.04 Å². The van der Waals surface area contributed by atoms with Gasteiger partial charge in [0.05, 0.1) is 12.1 Å². The van der Waals surface area contributed by atoms with Crippen LogP contribution in [0.2, 0.25) is 0 Å². The van der Waals surface area contributed by atoms with Crippen molar-refractivity contribution < 1.29 is 14.6 Å². The minimum absolute atomic E-state index is 0.0668. The molecule has 1 aliphatic rings. The fraction of sp³-hybridized carbons (Fsp3) is 0.562. The second-order valence-corrected chi connectivity index (χ2v) is 6.32. The molecule has 2 unspecified atom stereocenters. The normalized spacial score (nSPS) is 25.0. The average Bonchev–Trinajstić information content (AvgIpc) is 2.45. The van der Waals surface area contributed by atoms with E-state index in [2.05, 4.69) is 19.2 Å². The average molecular weight is 292 g/mol. The lowest BCUT2D eigenvalue weighted by molar-refractivity contribution is -0.133. The summed E-state index contributed by atoms with van der Waals surface area (Å²) in [5, 5.41) is 12.3. The molecule has 1 fully saturated rings. The molecule has 1 aromatic carbocycles. The molecule has 1 aliphatic carbocycles. The SMILES string of the molecule is COC1CC(NC(=O)[C@@H](N)Cc2ccc(O)cc2)C1(C)C. The Morgan fingerprint density at radius 3 is 2.62 bits per heavy atom. The maximum atomic E-state index is 12.2. The fourth-order valence-corrected chi connectivity index (χ4v) is 2.79. The Labute approximate surface area is 125 Å². The Balaban J connectivity index is 1.87. The Morgan fingerprint density at radius 1 is 1.48 bits per heavy atom. The lowest BCUT2D eigenvalue weighted by Crippen LogP contribution is -2.63. The minimum atomic E-state index is -0.591. The van der Waals surface area contributed by atoms with Gasteiger partial charge in [0, 0.05) is 18.6 Å². The summed E-state index contributed by atoms with van der Waals surface area (Å²) in [5.41, 5.74) is 6.83. The molecule has 5 nitrogen and oxygen atoms in total. The van der Waals surface area contributed by atoms with Crippen LogP contribution < -0.4 is 11.1 Å². The topological polar surface area (TPSA) is 84.6 Å². The van der Waals surface area contributed by atoms with E-state index in [9.17, 15) is 9.90 Å². The maximum absolute atomic E-state index is 12.2. The number of nitrogens with two attached hydrogens (primary N) is 1. The zero-order valence-corrected chi connectivity index (χ0v) is 12.8. The van der Waals surface area contributed by atoms with Gasteiger partial charge in [0.25, 0.3) is 0 Å². The number of phenols is 1. The van der Waals surface area contributed by atoms with Crippen LogP contribution in [0.25, 0.3) is 0 Å². The maximum Gasteiger partial charge on any atom is 0.237 e. The Kier molecular flexibility index (Phi) is 4.54. The molecule has 0 aromatic heterocycles. The van der Waals surface area contributed by atoms with Gasteiger partial charge >= 0.3 is 0 Å². The Morgan fingerprint density at radius 2 is 2.10 bits per heavy atom. The number of nitrogens with one attached hydrogen (secondary N) is 1. The second kappa shape index (κ2) is 6.03. The van der Waals surface area contributed by atoms with Crippen LogP contribution >= 0.6 is 0 Å². The number of ether oxygens (including phenoxy) is 1. The van der Waals surface area contributed by atoms with Gasteiger partial charge in [0.1, 0.15) is 5.75 Å². The summed E-state index contributed by atoms with van der Waals surface area (Å²) in [6, 6.07) is 6.25. The summed E-state index contributed by atoms with van der Waals surface area (Å²) in [7, 11) is 1.70. The van der Waals surface area contributed by atoms with Crippen molar-refractivity contribution >= 4 is 5.91 Å². The van der Waals surface area contributed by atoms with Crippen LogP contribution in [0.1, 0.15) is 25.8 Å². The molecule has 21 heavy (non-hydrogen) atoms. The van der Waals surface area contributed by atoms with Gasteiger partial charge in [-0.05, 0) is 30.5 Å². The number of rotatable bonds is 5. The number of carbonyl (C=O) groups excluding carboxylic acids is 1. The number of hydrogen-bond acceptors (Lipinski definition) is 4. The highest BCUT2D eigenvalue weighted by atomic mass is 16.5. The predicted octanol–water partition coefficient (Wildman–Crippen LogP) is 1.19. The first-order chi connectivity index (χ1) is 9.84. The summed E-state index contributed by atoms with van der Waals surface area (Å²) in [4.78, 5) is 12.2. The van der Waals surface area contributed by atoms with Gasteiger partial charge < -0.3 is 20.9 Å². The van der Waals surface area contributed by atoms with Crippen molar-refractivity contribution in [3.05, 3.63) is 29.8 Å². The number of aromatic hydroxyl groups is 1. The molecule has 4 N–H and O–H groups in total. The number of methoxy groups -OCH3 is 1. The van der Waals surface area contributed by atoms with Gasteiger partial charge in [-0.1, -0.05) is 26.0 Å². The van der Waals surface area contributed by atoms with Gasteiger partial charge in [0.2, 0.25) is 5.91 Å². The molecule has 1 saturated carbocycles. The van der Waals surface area contributed by atoms with Crippen molar-refractivity contribution in [2.24, 2.45) is 11.1 Å². The highest BCUT2D eigenvalue weighted by molar-refractivity contribution is 5.82. The highest BCUT2D eigenvalue weighted by Crippen LogP contribution is 2.42. The van der Waals surface area contributed by atoms with Gasteiger partial charge in [-0.15, -0.1) is 0 Å². The minimum Gasteiger partial charge on any atom is -0.508 e. The molecule has 2 rings (SSSR count). The van der Waals surface area contributed by atoms with Crippen LogP contribution in [0.3, 0.4) is 0 Å². The summed E-state index contributed by atoms with van der Waals surface area (Å²) in [6.07, 6.45) is 1.45. The molecule has 0 saturated heterocycles. The van der Waals surface area contributed by atoms with Crippen molar-refractivity contribution in [1.29, 1.82) is 0 Å². The van der Waals surface area contributed by atoms with Crippen LogP contribution in [-0.2, 0) is 16.0 Å². The summed E-state index contributed by atoms with van der Waals surface area (Å²) in [5.74, 6) is 0.0642. The molecule has 5 heteroatoms. The molecule has 0 aliphatic heterocycles. The van der Waals surface area contributed by atoms with Gasteiger partial charge in [-0.3, -0.25) is 4.79 Å². The monoisotopic (exact) mass is 292 g/mol. The van der Waals surface area contributed by atoms with E-state index in [1.54, 1.807) is 31.4 Å². The molecule has 0 spiro atoms. The number of benzene rings is 1. The van der Waals surface area contributed by atoms with Crippen LogP contribution in [0.4, 0.5) is 0 Å². The van der Waals surface area contributed by atoms with Crippen LogP contribution in [0.5, 0.6) is 5.75 Å². The van der Waals surface area contributed by atoms with E-state index in [0.29, 0.717) is 6.42 Å².